The second-order valence-corrected chi connectivity index (χ2v) is 4.71. The summed E-state index contributed by atoms with van der Waals surface area (Å²) in [5.74, 6) is -0.792. The number of carbonyl (C=O) groups excluding carboxylic acids is 1. The quantitative estimate of drug-likeness (QED) is 0.312. The van der Waals surface area contributed by atoms with Crippen molar-refractivity contribution >= 4 is 5.97 Å². The van der Waals surface area contributed by atoms with Crippen LogP contribution in [-0.2, 0) is 14.4 Å². The van der Waals surface area contributed by atoms with Crippen molar-refractivity contribution in [3.8, 4) is 0 Å². The summed E-state index contributed by atoms with van der Waals surface area (Å²) < 4.78 is 5.01. The molecule has 0 aliphatic heterocycles. The van der Waals surface area contributed by atoms with Gasteiger partial charge < -0.3 is 14.8 Å². The summed E-state index contributed by atoms with van der Waals surface area (Å²) in [6, 6.07) is -0.976. The SMILES string of the molecule is CC(C)O/N=[N+](\[O-])C(C(=O)OC(C)C)C(C)C. The molecule has 1 atom stereocenters. The van der Waals surface area contributed by atoms with Crippen LogP contribution in [0.1, 0.15) is 41.5 Å². The number of esters is 1. The summed E-state index contributed by atoms with van der Waals surface area (Å²) in [5.41, 5.74) is 0. The maximum atomic E-state index is 11.7. The van der Waals surface area contributed by atoms with Crippen LogP contribution in [0.15, 0.2) is 5.28 Å². The van der Waals surface area contributed by atoms with Gasteiger partial charge in [0.05, 0.1) is 6.10 Å². The van der Waals surface area contributed by atoms with Gasteiger partial charge in [0.15, 0.2) is 0 Å². The fourth-order valence-corrected chi connectivity index (χ4v) is 1.11. The maximum Gasteiger partial charge on any atom is 0.380 e. The van der Waals surface area contributed by atoms with E-state index >= 15 is 0 Å². The Morgan fingerprint density at radius 3 is 2.00 bits per heavy atom. The lowest BCUT2D eigenvalue weighted by molar-refractivity contribution is -0.591. The molecule has 0 aromatic heterocycles. The van der Waals surface area contributed by atoms with Crippen LogP contribution in [0.3, 0.4) is 0 Å². The predicted molar refractivity (Wildman–Crippen MR) is 62.1 cm³/mol. The molecule has 0 spiro atoms. The molecule has 6 nitrogen and oxygen atoms in total. The topological polar surface area (TPSA) is 74.0 Å². The van der Waals surface area contributed by atoms with E-state index < -0.39 is 12.0 Å². The van der Waals surface area contributed by atoms with E-state index in [4.69, 9.17) is 9.57 Å². The number of carbonyl (C=O) groups is 1. The molecule has 0 rings (SSSR count). The third kappa shape index (κ3) is 6.09. The molecular formula is C11H22N2O4. The zero-order valence-corrected chi connectivity index (χ0v) is 11.3. The average Bonchev–Trinajstić information content (AvgIpc) is 2.12. The van der Waals surface area contributed by atoms with Crippen LogP contribution in [0.25, 0.3) is 0 Å². The molecule has 0 N–H and O–H groups in total. The zero-order valence-electron chi connectivity index (χ0n) is 11.3. The minimum Gasteiger partial charge on any atom is -0.597 e. The summed E-state index contributed by atoms with van der Waals surface area (Å²) in [6.45, 7) is 10.4. The van der Waals surface area contributed by atoms with Gasteiger partial charge >= 0.3 is 5.97 Å². The van der Waals surface area contributed by atoms with Gasteiger partial charge in [-0.15, -0.1) is 0 Å². The highest BCUT2D eigenvalue weighted by Gasteiger charge is 2.34. The third-order valence-corrected chi connectivity index (χ3v) is 1.80. The second-order valence-electron chi connectivity index (χ2n) is 4.71. The first kappa shape index (κ1) is 15.7. The minimum atomic E-state index is -0.976. The molecular weight excluding hydrogens is 224 g/mol. The Morgan fingerprint density at radius 1 is 1.12 bits per heavy atom. The highest BCUT2D eigenvalue weighted by molar-refractivity contribution is 5.74. The monoisotopic (exact) mass is 246 g/mol. The molecule has 0 bridgehead atoms. The van der Waals surface area contributed by atoms with E-state index in [1.807, 2.05) is 0 Å². The van der Waals surface area contributed by atoms with Gasteiger partial charge in [-0.3, -0.25) is 0 Å². The summed E-state index contributed by atoms with van der Waals surface area (Å²) in [7, 11) is 0. The Balaban J connectivity index is 4.73. The Hall–Kier alpha value is -1.33. The van der Waals surface area contributed by atoms with Crippen molar-refractivity contribution in [1.82, 2.24) is 0 Å². The first-order chi connectivity index (χ1) is 7.75. The van der Waals surface area contributed by atoms with E-state index in [1.165, 1.54) is 0 Å². The van der Waals surface area contributed by atoms with Crippen molar-refractivity contribution in [3.63, 3.8) is 0 Å². The van der Waals surface area contributed by atoms with Gasteiger partial charge in [0.1, 0.15) is 6.10 Å². The van der Waals surface area contributed by atoms with Gasteiger partial charge in [-0.25, -0.2) is 4.79 Å². The minimum absolute atomic E-state index is 0.208. The Morgan fingerprint density at radius 2 is 1.65 bits per heavy atom. The third-order valence-electron chi connectivity index (χ3n) is 1.80. The molecule has 100 valence electrons. The first-order valence-corrected chi connectivity index (χ1v) is 5.79. The van der Waals surface area contributed by atoms with Crippen LogP contribution >= 0.6 is 0 Å². The molecule has 0 heterocycles. The number of hydroxylamine groups is 1. The van der Waals surface area contributed by atoms with Gasteiger partial charge in [-0.2, -0.15) is 0 Å². The van der Waals surface area contributed by atoms with Crippen molar-refractivity contribution < 1.29 is 19.2 Å². The van der Waals surface area contributed by atoms with Crippen LogP contribution in [0, 0.1) is 11.1 Å². The summed E-state index contributed by atoms with van der Waals surface area (Å²) in [4.78, 5) is 16.8. The van der Waals surface area contributed by atoms with Crippen LogP contribution in [-0.4, -0.2) is 29.1 Å². The first-order valence-electron chi connectivity index (χ1n) is 5.79. The van der Waals surface area contributed by atoms with Crippen LogP contribution < -0.4 is 0 Å². The molecule has 0 aliphatic rings. The van der Waals surface area contributed by atoms with Crippen molar-refractivity contribution in [2.45, 2.75) is 59.8 Å². The van der Waals surface area contributed by atoms with Gasteiger partial charge in [0, 0.05) is 5.92 Å². The zero-order chi connectivity index (χ0) is 13.6. The van der Waals surface area contributed by atoms with Gasteiger partial charge in [0.2, 0.25) is 5.28 Å². The average molecular weight is 246 g/mol. The fourth-order valence-electron chi connectivity index (χ4n) is 1.11. The van der Waals surface area contributed by atoms with Crippen LogP contribution in [0.4, 0.5) is 0 Å². The molecule has 0 amide bonds. The molecule has 0 aromatic carbocycles. The van der Waals surface area contributed by atoms with E-state index in [1.54, 1.807) is 41.5 Å². The van der Waals surface area contributed by atoms with E-state index in [-0.39, 0.29) is 23.0 Å². The number of ether oxygens (including phenoxy) is 1. The van der Waals surface area contributed by atoms with E-state index in [2.05, 4.69) is 5.28 Å². The van der Waals surface area contributed by atoms with E-state index in [0.29, 0.717) is 0 Å². The van der Waals surface area contributed by atoms with Crippen LogP contribution in [0.5, 0.6) is 0 Å². The van der Waals surface area contributed by atoms with E-state index in [9.17, 15) is 10.0 Å². The number of nitrogens with zero attached hydrogens (tertiary/aromatic N) is 2. The highest BCUT2D eigenvalue weighted by atomic mass is 16.7. The molecule has 0 fully saturated rings. The number of rotatable bonds is 6. The molecule has 17 heavy (non-hydrogen) atoms. The predicted octanol–water partition coefficient (Wildman–Crippen LogP) is 2.27. The van der Waals surface area contributed by atoms with Crippen molar-refractivity contribution in [2.75, 3.05) is 0 Å². The van der Waals surface area contributed by atoms with E-state index in [0.717, 1.165) is 0 Å². The standard InChI is InChI=1S/C11H22N2O4/c1-7(2)10(11(14)16-8(3)4)13(15)12-17-9(5)6/h7-10H,1-6H3/b13-12-. The molecule has 0 saturated carbocycles. The Labute approximate surface area is 102 Å². The lowest BCUT2D eigenvalue weighted by atomic mass is 10.1. The number of hydrogen-bond acceptors (Lipinski definition) is 5. The Bertz CT molecular complexity index is 275. The smallest absolute Gasteiger partial charge is 0.380 e. The van der Waals surface area contributed by atoms with Crippen molar-refractivity contribution in [1.29, 1.82) is 0 Å². The summed E-state index contributed by atoms with van der Waals surface area (Å²) in [5, 5.41) is 15.0. The van der Waals surface area contributed by atoms with Gasteiger partial charge in [0.25, 0.3) is 6.04 Å². The summed E-state index contributed by atoms with van der Waals surface area (Å²) >= 11 is 0. The maximum absolute atomic E-state index is 11.7. The molecule has 6 heteroatoms. The molecule has 0 saturated heterocycles. The Kier molecular flexibility index (Phi) is 6.53. The van der Waals surface area contributed by atoms with Crippen LogP contribution in [0.2, 0.25) is 0 Å². The van der Waals surface area contributed by atoms with Crippen molar-refractivity contribution in [3.05, 3.63) is 5.21 Å². The molecule has 0 radical (unpaired) electrons. The van der Waals surface area contributed by atoms with Gasteiger partial charge in [-0.1, -0.05) is 13.8 Å². The molecule has 0 aromatic rings. The second kappa shape index (κ2) is 7.09. The fraction of sp³-hybridized carbons (Fsp3) is 0.909. The summed E-state index contributed by atoms with van der Waals surface area (Å²) in [6.07, 6.45) is -0.469. The molecule has 0 aliphatic carbocycles. The largest absolute Gasteiger partial charge is 0.597 e. The highest BCUT2D eigenvalue weighted by Crippen LogP contribution is 2.10. The number of hydrogen-bond donors (Lipinski definition) is 0. The van der Waals surface area contributed by atoms with Crippen molar-refractivity contribution in [2.24, 2.45) is 11.2 Å². The lowest BCUT2D eigenvalue weighted by Crippen LogP contribution is -2.38. The molecule has 1 unspecified atom stereocenters. The lowest BCUT2D eigenvalue weighted by Gasteiger charge is -2.17. The normalized spacial score (nSPS) is 14.3. The van der Waals surface area contributed by atoms with Gasteiger partial charge in [-0.05, 0) is 32.6 Å².